The Bertz CT molecular complexity index is 448. The molecular formula is C10H8BrClN2. The first-order chi connectivity index (χ1) is 6.68. The molecule has 1 heterocycles. The largest absolute Gasteiger partial charge is 0.328 e. The summed E-state index contributed by atoms with van der Waals surface area (Å²) in [5.74, 6) is 0. The van der Waals surface area contributed by atoms with E-state index in [1.54, 1.807) is 6.33 Å². The summed E-state index contributed by atoms with van der Waals surface area (Å²) < 4.78 is 2.89. The van der Waals surface area contributed by atoms with Gasteiger partial charge in [0.1, 0.15) is 10.3 Å². The Morgan fingerprint density at radius 1 is 1.29 bits per heavy atom. The van der Waals surface area contributed by atoms with Crippen molar-refractivity contribution in [2.45, 2.75) is 0 Å². The summed E-state index contributed by atoms with van der Waals surface area (Å²) in [6, 6.07) is 7.63. The molecule has 0 saturated carbocycles. The second-order valence-corrected chi connectivity index (χ2v) is 4.19. The number of hydrogen-bond donors (Lipinski definition) is 0. The van der Waals surface area contributed by atoms with Crippen molar-refractivity contribution in [3.63, 3.8) is 0 Å². The van der Waals surface area contributed by atoms with E-state index in [4.69, 9.17) is 11.6 Å². The number of halogens is 2. The van der Waals surface area contributed by atoms with E-state index in [2.05, 4.69) is 20.9 Å². The third kappa shape index (κ3) is 1.70. The topological polar surface area (TPSA) is 17.8 Å². The third-order valence-electron chi connectivity index (χ3n) is 1.98. The molecule has 0 fully saturated rings. The minimum Gasteiger partial charge on any atom is -0.328 e. The number of imidazole rings is 1. The molecule has 72 valence electrons. The molecule has 0 bridgehead atoms. The zero-order valence-electron chi connectivity index (χ0n) is 7.54. The van der Waals surface area contributed by atoms with Crippen molar-refractivity contribution in [3.05, 3.63) is 40.2 Å². The van der Waals surface area contributed by atoms with Gasteiger partial charge >= 0.3 is 0 Å². The van der Waals surface area contributed by atoms with Gasteiger partial charge in [-0.3, -0.25) is 0 Å². The molecule has 1 aromatic heterocycles. The quantitative estimate of drug-likeness (QED) is 0.776. The van der Waals surface area contributed by atoms with Gasteiger partial charge < -0.3 is 4.57 Å². The third-order valence-corrected chi connectivity index (χ3v) is 3.17. The molecule has 0 amide bonds. The number of benzene rings is 1. The Balaban J connectivity index is 2.49. The smallest absolute Gasteiger partial charge is 0.112 e. The van der Waals surface area contributed by atoms with Gasteiger partial charge in [0, 0.05) is 17.6 Å². The van der Waals surface area contributed by atoms with Gasteiger partial charge in [-0.15, -0.1) is 0 Å². The minimum atomic E-state index is 0.737. The number of rotatable bonds is 1. The number of hydrogen-bond acceptors (Lipinski definition) is 1. The first kappa shape index (κ1) is 9.74. The molecule has 0 unspecified atom stereocenters. The van der Waals surface area contributed by atoms with Crippen molar-refractivity contribution in [1.29, 1.82) is 0 Å². The van der Waals surface area contributed by atoms with Gasteiger partial charge in [0.25, 0.3) is 0 Å². The maximum absolute atomic E-state index is 5.81. The van der Waals surface area contributed by atoms with E-state index >= 15 is 0 Å². The normalized spacial score (nSPS) is 10.5. The van der Waals surface area contributed by atoms with Gasteiger partial charge in [-0.2, -0.15) is 0 Å². The molecule has 0 aliphatic carbocycles. The Morgan fingerprint density at radius 2 is 1.93 bits per heavy atom. The number of nitrogens with zero attached hydrogens (tertiary/aromatic N) is 2. The second-order valence-electron chi connectivity index (χ2n) is 3.00. The van der Waals surface area contributed by atoms with Crippen LogP contribution in [0.4, 0.5) is 0 Å². The maximum atomic E-state index is 5.81. The first-order valence-corrected chi connectivity index (χ1v) is 5.28. The van der Waals surface area contributed by atoms with E-state index in [0.29, 0.717) is 0 Å². The SMILES string of the molecule is Cn1cnc(-c2ccc(Cl)cc2)c1Br. The first-order valence-electron chi connectivity index (χ1n) is 4.11. The fourth-order valence-corrected chi connectivity index (χ4v) is 1.77. The molecule has 0 atom stereocenters. The summed E-state index contributed by atoms with van der Waals surface area (Å²) in [6.45, 7) is 0. The van der Waals surface area contributed by atoms with Gasteiger partial charge in [0.2, 0.25) is 0 Å². The van der Waals surface area contributed by atoms with Crippen molar-refractivity contribution in [2.24, 2.45) is 7.05 Å². The summed E-state index contributed by atoms with van der Waals surface area (Å²) in [5, 5.41) is 0.737. The van der Waals surface area contributed by atoms with Gasteiger partial charge in [-0.1, -0.05) is 23.7 Å². The van der Waals surface area contributed by atoms with Crippen LogP contribution < -0.4 is 0 Å². The maximum Gasteiger partial charge on any atom is 0.112 e. The highest BCUT2D eigenvalue weighted by Gasteiger charge is 2.07. The zero-order valence-corrected chi connectivity index (χ0v) is 9.88. The molecular weight excluding hydrogens is 263 g/mol. The van der Waals surface area contributed by atoms with Crippen molar-refractivity contribution in [2.75, 3.05) is 0 Å². The van der Waals surface area contributed by atoms with Gasteiger partial charge in [0.15, 0.2) is 0 Å². The Labute approximate surface area is 95.7 Å². The average Bonchev–Trinajstić information content (AvgIpc) is 2.50. The Morgan fingerprint density at radius 3 is 2.43 bits per heavy atom. The van der Waals surface area contributed by atoms with Crippen LogP contribution in [0, 0.1) is 0 Å². The molecule has 0 aliphatic rings. The number of aromatic nitrogens is 2. The highest BCUT2D eigenvalue weighted by molar-refractivity contribution is 9.10. The van der Waals surface area contributed by atoms with Gasteiger partial charge in [-0.25, -0.2) is 4.98 Å². The van der Waals surface area contributed by atoms with E-state index in [9.17, 15) is 0 Å². The van der Waals surface area contributed by atoms with Crippen LogP contribution in [-0.2, 0) is 7.05 Å². The fraction of sp³-hybridized carbons (Fsp3) is 0.100. The van der Waals surface area contributed by atoms with Crippen molar-refractivity contribution < 1.29 is 0 Å². The molecule has 2 nitrogen and oxygen atoms in total. The molecule has 0 N–H and O–H groups in total. The predicted molar refractivity (Wildman–Crippen MR) is 61.4 cm³/mol. The van der Waals surface area contributed by atoms with Crippen LogP contribution in [-0.4, -0.2) is 9.55 Å². The lowest BCUT2D eigenvalue weighted by Crippen LogP contribution is -1.84. The van der Waals surface area contributed by atoms with Crippen LogP contribution in [0.1, 0.15) is 0 Å². The van der Waals surface area contributed by atoms with Crippen molar-refractivity contribution in [1.82, 2.24) is 9.55 Å². The van der Waals surface area contributed by atoms with Crippen molar-refractivity contribution >= 4 is 27.5 Å². The molecule has 2 aromatic rings. The zero-order chi connectivity index (χ0) is 10.1. The van der Waals surface area contributed by atoms with E-state index < -0.39 is 0 Å². The Kier molecular flexibility index (Phi) is 2.61. The summed E-state index contributed by atoms with van der Waals surface area (Å²) >= 11 is 9.28. The molecule has 4 heteroatoms. The summed E-state index contributed by atoms with van der Waals surface area (Å²) in [5.41, 5.74) is 1.99. The van der Waals surface area contributed by atoms with E-state index in [1.165, 1.54) is 0 Å². The van der Waals surface area contributed by atoms with Crippen LogP contribution >= 0.6 is 27.5 Å². The molecule has 14 heavy (non-hydrogen) atoms. The molecule has 0 aliphatic heterocycles. The van der Waals surface area contributed by atoms with E-state index in [0.717, 1.165) is 20.9 Å². The highest BCUT2D eigenvalue weighted by atomic mass is 79.9. The van der Waals surface area contributed by atoms with Crippen LogP contribution in [0.2, 0.25) is 5.02 Å². The average molecular weight is 272 g/mol. The lowest BCUT2D eigenvalue weighted by atomic mass is 10.2. The van der Waals surface area contributed by atoms with Gasteiger partial charge in [0.05, 0.1) is 6.33 Å². The standard InChI is InChI=1S/C10H8BrClN2/c1-14-6-13-9(10(14)11)7-2-4-8(12)5-3-7/h2-6H,1H3. The van der Waals surface area contributed by atoms with Gasteiger partial charge in [-0.05, 0) is 28.1 Å². The molecule has 0 saturated heterocycles. The van der Waals surface area contributed by atoms with Crippen molar-refractivity contribution in [3.8, 4) is 11.3 Å². The lowest BCUT2D eigenvalue weighted by Gasteiger charge is -1.98. The monoisotopic (exact) mass is 270 g/mol. The van der Waals surface area contributed by atoms with Crippen LogP contribution in [0.5, 0.6) is 0 Å². The van der Waals surface area contributed by atoms with E-state index in [1.807, 2.05) is 35.9 Å². The fourth-order valence-electron chi connectivity index (χ4n) is 1.22. The Hall–Kier alpha value is -0.800. The summed E-state index contributed by atoms with van der Waals surface area (Å²) in [7, 11) is 1.94. The summed E-state index contributed by atoms with van der Waals surface area (Å²) in [6.07, 6.45) is 1.77. The van der Waals surface area contributed by atoms with Crippen LogP contribution in [0.15, 0.2) is 35.2 Å². The predicted octanol–water partition coefficient (Wildman–Crippen LogP) is 3.50. The lowest BCUT2D eigenvalue weighted by molar-refractivity contribution is 0.891. The summed E-state index contributed by atoms with van der Waals surface area (Å²) in [4.78, 5) is 4.29. The van der Waals surface area contributed by atoms with E-state index in [-0.39, 0.29) is 0 Å². The highest BCUT2D eigenvalue weighted by Crippen LogP contribution is 2.26. The minimum absolute atomic E-state index is 0.737. The molecule has 0 radical (unpaired) electrons. The molecule has 0 spiro atoms. The number of aryl methyl sites for hydroxylation is 1. The van der Waals surface area contributed by atoms with Crippen LogP contribution in [0.3, 0.4) is 0 Å². The second kappa shape index (κ2) is 3.75. The van der Waals surface area contributed by atoms with Crippen LogP contribution in [0.25, 0.3) is 11.3 Å². The molecule has 1 aromatic carbocycles. The molecule has 2 rings (SSSR count).